The number of aliphatic hydroxyl groups is 1. The molecule has 0 unspecified atom stereocenters. The fraction of sp³-hybridized carbons (Fsp3) is 0.833. The second-order valence-corrected chi connectivity index (χ2v) is 6.22. The lowest BCUT2D eigenvalue weighted by molar-refractivity contribution is -0.0270. The first-order valence-corrected chi connectivity index (χ1v) is 7.01. The van der Waals surface area contributed by atoms with E-state index < -0.39 is 5.60 Å². The number of hydrogen-bond acceptors (Lipinski definition) is 3. The monoisotopic (exact) mass is 301 g/mol. The topological polar surface area (TPSA) is 50.9 Å². The Hall–Kier alpha value is -0.420. The molecule has 2 rings (SSSR count). The summed E-state index contributed by atoms with van der Waals surface area (Å²) in [5.41, 5.74) is 0.0577. The number of aromatic nitrogens is 3. The lowest BCUT2D eigenvalue weighted by atomic mass is 9.73. The van der Waals surface area contributed by atoms with Crippen LogP contribution in [0, 0.1) is 11.8 Å². The molecule has 5 heteroatoms. The Balaban J connectivity index is 2.18. The molecule has 1 heterocycles. The van der Waals surface area contributed by atoms with E-state index in [0.717, 1.165) is 37.3 Å². The minimum Gasteiger partial charge on any atom is -0.383 e. The van der Waals surface area contributed by atoms with Crippen LogP contribution in [0.2, 0.25) is 0 Å². The quantitative estimate of drug-likeness (QED) is 0.913. The minimum atomic E-state index is -0.761. The van der Waals surface area contributed by atoms with Gasteiger partial charge in [-0.2, -0.15) is 0 Å². The van der Waals surface area contributed by atoms with E-state index in [-0.39, 0.29) is 0 Å². The summed E-state index contributed by atoms with van der Waals surface area (Å²) < 4.78 is 2.35. The van der Waals surface area contributed by atoms with Crippen LogP contribution in [-0.4, -0.2) is 20.1 Å². The van der Waals surface area contributed by atoms with Crippen LogP contribution in [0.25, 0.3) is 0 Å². The zero-order valence-corrected chi connectivity index (χ0v) is 12.2. The van der Waals surface area contributed by atoms with E-state index in [2.05, 4.69) is 40.1 Å². The zero-order valence-electron chi connectivity index (χ0n) is 10.6. The van der Waals surface area contributed by atoms with E-state index in [9.17, 15) is 5.11 Å². The Morgan fingerprint density at radius 2 is 2.00 bits per heavy atom. The van der Waals surface area contributed by atoms with Crippen molar-refractivity contribution in [3.8, 4) is 0 Å². The maximum atomic E-state index is 10.8. The van der Waals surface area contributed by atoms with Crippen LogP contribution in [0.5, 0.6) is 0 Å². The van der Waals surface area contributed by atoms with Crippen LogP contribution in [0.4, 0.5) is 0 Å². The van der Waals surface area contributed by atoms with Crippen LogP contribution in [0.15, 0.2) is 4.60 Å². The summed E-state index contributed by atoms with van der Waals surface area (Å²) in [5.74, 6) is 1.43. The summed E-state index contributed by atoms with van der Waals surface area (Å²) in [5, 5.41) is 18.7. The van der Waals surface area contributed by atoms with E-state index >= 15 is 0 Å². The SMILES string of the molecule is CC(C)C1CCC(O)(c2c(Br)nnn2C)CC1. The summed E-state index contributed by atoms with van der Waals surface area (Å²) in [6, 6.07) is 0. The van der Waals surface area contributed by atoms with Crippen molar-refractivity contribution in [3.05, 3.63) is 10.3 Å². The molecule has 4 nitrogen and oxygen atoms in total. The molecule has 0 aromatic carbocycles. The molecule has 1 saturated carbocycles. The lowest BCUT2D eigenvalue weighted by Crippen LogP contribution is -2.35. The second kappa shape index (κ2) is 4.69. The van der Waals surface area contributed by atoms with Crippen molar-refractivity contribution in [2.24, 2.45) is 18.9 Å². The van der Waals surface area contributed by atoms with Crippen LogP contribution < -0.4 is 0 Å². The predicted octanol–water partition coefficient (Wildman–Crippen LogP) is 2.61. The second-order valence-electron chi connectivity index (χ2n) is 5.47. The highest BCUT2D eigenvalue weighted by Gasteiger charge is 2.39. The fourth-order valence-corrected chi connectivity index (χ4v) is 3.54. The molecule has 1 N–H and O–H groups in total. The van der Waals surface area contributed by atoms with E-state index in [4.69, 9.17) is 0 Å². The summed E-state index contributed by atoms with van der Waals surface area (Å²) in [4.78, 5) is 0. The van der Waals surface area contributed by atoms with E-state index in [1.165, 1.54) is 0 Å². The standard InChI is InChI=1S/C12H20BrN3O/c1-8(2)9-4-6-12(17,7-5-9)10-11(13)14-15-16(10)3/h8-9,17H,4-7H2,1-3H3. The Morgan fingerprint density at radius 1 is 1.41 bits per heavy atom. The third kappa shape index (κ3) is 2.40. The molecule has 1 aromatic heterocycles. The molecule has 0 atom stereocenters. The van der Waals surface area contributed by atoms with Gasteiger partial charge < -0.3 is 5.11 Å². The van der Waals surface area contributed by atoms with Gasteiger partial charge in [-0.1, -0.05) is 19.1 Å². The Labute approximate surface area is 111 Å². The molecule has 1 aromatic rings. The molecule has 1 fully saturated rings. The first-order chi connectivity index (χ1) is 7.94. The van der Waals surface area contributed by atoms with Crippen molar-refractivity contribution in [3.63, 3.8) is 0 Å². The van der Waals surface area contributed by atoms with Gasteiger partial charge in [-0.05, 0) is 53.4 Å². The maximum absolute atomic E-state index is 10.8. The average molecular weight is 302 g/mol. The number of aryl methyl sites for hydroxylation is 1. The average Bonchev–Trinajstić information content (AvgIpc) is 2.59. The number of hydrogen-bond donors (Lipinski definition) is 1. The van der Waals surface area contributed by atoms with Crippen molar-refractivity contribution in [2.75, 3.05) is 0 Å². The van der Waals surface area contributed by atoms with Gasteiger partial charge in [0, 0.05) is 7.05 Å². The summed E-state index contributed by atoms with van der Waals surface area (Å²) in [6.07, 6.45) is 3.75. The van der Waals surface area contributed by atoms with E-state index in [0.29, 0.717) is 10.5 Å². The molecule has 0 saturated heterocycles. The largest absolute Gasteiger partial charge is 0.383 e. The van der Waals surface area contributed by atoms with Gasteiger partial charge in [0.05, 0.1) is 0 Å². The highest BCUT2D eigenvalue weighted by Crippen LogP contribution is 2.43. The summed E-state index contributed by atoms with van der Waals surface area (Å²) in [7, 11) is 1.83. The van der Waals surface area contributed by atoms with E-state index in [1.807, 2.05) is 7.05 Å². The lowest BCUT2D eigenvalue weighted by Gasteiger charge is -2.37. The molecular formula is C12H20BrN3O. The third-order valence-electron chi connectivity index (χ3n) is 4.03. The van der Waals surface area contributed by atoms with Gasteiger partial charge in [-0.25, -0.2) is 4.68 Å². The van der Waals surface area contributed by atoms with Gasteiger partial charge in [0.2, 0.25) is 0 Å². The van der Waals surface area contributed by atoms with Gasteiger partial charge in [0.15, 0.2) is 4.60 Å². The van der Waals surface area contributed by atoms with Crippen LogP contribution in [0.1, 0.15) is 45.2 Å². The zero-order chi connectivity index (χ0) is 12.6. The summed E-state index contributed by atoms with van der Waals surface area (Å²) in [6.45, 7) is 4.52. The molecule has 1 aliphatic rings. The van der Waals surface area contributed by atoms with Crippen molar-refractivity contribution < 1.29 is 5.11 Å². The van der Waals surface area contributed by atoms with Crippen molar-refractivity contribution >= 4 is 15.9 Å². The molecule has 17 heavy (non-hydrogen) atoms. The fourth-order valence-electron chi connectivity index (χ4n) is 2.85. The van der Waals surface area contributed by atoms with Crippen molar-refractivity contribution in [1.29, 1.82) is 0 Å². The smallest absolute Gasteiger partial charge is 0.154 e. The number of rotatable bonds is 2. The highest BCUT2D eigenvalue weighted by atomic mass is 79.9. The highest BCUT2D eigenvalue weighted by molar-refractivity contribution is 9.10. The molecule has 1 aliphatic carbocycles. The number of nitrogens with zero attached hydrogens (tertiary/aromatic N) is 3. The molecule has 96 valence electrons. The Bertz CT molecular complexity index is 375. The van der Waals surface area contributed by atoms with Gasteiger partial charge in [-0.15, -0.1) is 5.10 Å². The van der Waals surface area contributed by atoms with Gasteiger partial charge >= 0.3 is 0 Å². The molecular weight excluding hydrogens is 282 g/mol. The van der Waals surface area contributed by atoms with Crippen LogP contribution in [-0.2, 0) is 12.6 Å². The third-order valence-corrected chi connectivity index (χ3v) is 4.56. The van der Waals surface area contributed by atoms with Gasteiger partial charge in [0.25, 0.3) is 0 Å². The first-order valence-electron chi connectivity index (χ1n) is 6.22. The molecule has 0 amide bonds. The Kier molecular flexibility index (Phi) is 3.59. The first kappa shape index (κ1) is 13.0. The number of halogens is 1. The maximum Gasteiger partial charge on any atom is 0.154 e. The normalized spacial score (nSPS) is 29.9. The molecule has 0 radical (unpaired) electrons. The molecule has 0 bridgehead atoms. The van der Waals surface area contributed by atoms with Crippen LogP contribution in [0.3, 0.4) is 0 Å². The van der Waals surface area contributed by atoms with Crippen molar-refractivity contribution in [1.82, 2.24) is 15.0 Å². The molecule has 0 aliphatic heterocycles. The van der Waals surface area contributed by atoms with Crippen LogP contribution >= 0.6 is 15.9 Å². The van der Waals surface area contributed by atoms with Crippen molar-refractivity contribution in [2.45, 2.75) is 45.1 Å². The summed E-state index contributed by atoms with van der Waals surface area (Å²) >= 11 is 3.38. The van der Waals surface area contributed by atoms with Gasteiger partial charge in [-0.3, -0.25) is 0 Å². The predicted molar refractivity (Wildman–Crippen MR) is 69.4 cm³/mol. The molecule has 0 spiro atoms. The Morgan fingerprint density at radius 3 is 2.41 bits per heavy atom. The van der Waals surface area contributed by atoms with Gasteiger partial charge in [0.1, 0.15) is 11.3 Å². The minimum absolute atomic E-state index is 0.672. The van der Waals surface area contributed by atoms with E-state index in [1.54, 1.807) is 4.68 Å².